The molecule has 0 heterocycles. The van der Waals surface area contributed by atoms with E-state index in [0.717, 1.165) is 12.1 Å². The second-order valence-corrected chi connectivity index (χ2v) is 7.19. The van der Waals surface area contributed by atoms with Gasteiger partial charge in [-0.25, -0.2) is 0 Å². The Morgan fingerprint density at radius 3 is 2.42 bits per heavy atom. The lowest BCUT2D eigenvalue weighted by atomic mass is 10.1. The predicted octanol–water partition coefficient (Wildman–Crippen LogP) is 2.85. The van der Waals surface area contributed by atoms with Crippen molar-refractivity contribution >= 4 is 17.0 Å². The van der Waals surface area contributed by atoms with Crippen LogP contribution in [-0.2, 0) is 11.4 Å². The van der Waals surface area contributed by atoms with Gasteiger partial charge in [-0.15, -0.1) is 4.72 Å². The van der Waals surface area contributed by atoms with Gasteiger partial charge in [-0.3, -0.25) is 10.1 Å². The zero-order valence-electron chi connectivity index (χ0n) is 11.3. The van der Waals surface area contributed by atoms with Gasteiger partial charge in [-0.1, -0.05) is 6.07 Å². The van der Waals surface area contributed by atoms with E-state index in [4.69, 9.17) is 0 Å². The molecule has 106 valence electrons. The maximum atomic E-state index is 13.5. The molecule has 0 bridgehead atoms. The third kappa shape index (κ3) is 4.15. The van der Waals surface area contributed by atoms with Crippen molar-refractivity contribution in [3.05, 3.63) is 39.7 Å². The van der Waals surface area contributed by atoms with Gasteiger partial charge < -0.3 is 4.55 Å². The van der Waals surface area contributed by atoms with Gasteiger partial charge >= 0.3 is 5.69 Å². The van der Waals surface area contributed by atoms with Gasteiger partial charge in [0.15, 0.2) is 0 Å². The van der Waals surface area contributed by atoms with Crippen molar-refractivity contribution in [2.75, 3.05) is 0 Å². The molecule has 0 saturated heterocycles. The quantitative estimate of drug-likeness (QED) is 0.525. The number of nitrogens with zero attached hydrogens (tertiary/aromatic N) is 1. The number of rotatable bonds is 4. The first kappa shape index (κ1) is 15.9. The minimum absolute atomic E-state index is 0.365. The molecule has 7 heteroatoms. The number of hydrogen-bond acceptors (Lipinski definition) is 4. The molecule has 1 rings (SSSR count). The maximum absolute atomic E-state index is 13.5. The average molecular weight is 288 g/mol. The molecule has 19 heavy (non-hydrogen) atoms. The molecule has 0 aromatic heterocycles. The van der Waals surface area contributed by atoms with Crippen molar-refractivity contribution in [2.45, 2.75) is 38.5 Å². The van der Waals surface area contributed by atoms with Crippen LogP contribution in [0.25, 0.3) is 0 Å². The van der Waals surface area contributed by atoms with E-state index in [1.165, 1.54) is 6.07 Å². The van der Waals surface area contributed by atoms with E-state index in [-0.39, 0.29) is 6.04 Å². The van der Waals surface area contributed by atoms with Crippen LogP contribution >= 0.6 is 0 Å². The van der Waals surface area contributed by atoms with Crippen LogP contribution in [0.15, 0.2) is 18.2 Å². The molecule has 0 aliphatic carbocycles. The van der Waals surface area contributed by atoms with E-state index < -0.39 is 32.5 Å². The summed E-state index contributed by atoms with van der Waals surface area (Å²) < 4.78 is 27.8. The van der Waals surface area contributed by atoms with Gasteiger partial charge in [0.25, 0.3) is 0 Å². The van der Waals surface area contributed by atoms with Crippen LogP contribution in [0, 0.1) is 15.9 Å². The minimum atomic E-state index is -1.29. The standard InChI is InChI=1S/C12H17FN2O3S/c1-8(14-19(18)12(2,3)4)9-5-6-11(15(16)17)10(13)7-9/h5-8,14H,1-4H3. The van der Waals surface area contributed by atoms with E-state index in [2.05, 4.69) is 4.72 Å². The predicted molar refractivity (Wildman–Crippen MR) is 72.5 cm³/mol. The molecule has 0 spiro atoms. The molecule has 0 aliphatic heterocycles. The highest BCUT2D eigenvalue weighted by Crippen LogP contribution is 2.24. The van der Waals surface area contributed by atoms with Crippen LogP contribution in [0.3, 0.4) is 0 Å². The topological polar surface area (TPSA) is 78.2 Å². The molecule has 0 saturated carbocycles. The Hall–Kier alpha value is -1.18. The summed E-state index contributed by atoms with van der Waals surface area (Å²) in [5, 5.41) is 10.5. The lowest BCUT2D eigenvalue weighted by molar-refractivity contribution is -0.387. The van der Waals surface area contributed by atoms with Crippen LogP contribution < -0.4 is 4.72 Å². The van der Waals surface area contributed by atoms with E-state index in [1.807, 2.05) is 20.8 Å². The summed E-state index contributed by atoms with van der Waals surface area (Å²) in [5.41, 5.74) is -0.0476. The number of nitro benzene ring substituents is 1. The van der Waals surface area contributed by atoms with E-state index in [0.29, 0.717) is 5.56 Å². The highest BCUT2D eigenvalue weighted by atomic mass is 32.2. The molecule has 2 unspecified atom stereocenters. The van der Waals surface area contributed by atoms with E-state index >= 15 is 0 Å². The Balaban J connectivity index is 2.87. The van der Waals surface area contributed by atoms with Gasteiger partial charge in [0.2, 0.25) is 5.82 Å². The highest BCUT2D eigenvalue weighted by Gasteiger charge is 2.28. The molecule has 1 aromatic carbocycles. The van der Waals surface area contributed by atoms with Crippen LogP contribution in [-0.4, -0.2) is 14.2 Å². The van der Waals surface area contributed by atoms with Crippen LogP contribution in [0.2, 0.25) is 0 Å². The van der Waals surface area contributed by atoms with Crippen molar-refractivity contribution < 1.29 is 13.9 Å². The van der Waals surface area contributed by atoms with Crippen molar-refractivity contribution in [1.29, 1.82) is 0 Å². The first-order valence-electron chi connectivity index (χ1n) is 5.75. The first-order valence-corrected chi connectivity index (χ1v) is 6.90. The highest BCUT2D eigenvalue weighted by molar-refractivity contribution is 7.90. The van der Waals surface area contributed by atoms with Crippen LogP contribution in [0.5, 0.6) is 0 Å². The van der Waals surface area contributed by atoms with Gasteiger partial charge in [-0.2, -0.15) is 4.39 Å². The lowest BCUT2D eigenvalue weighted by Gasteiger charge is -2.26. The Morgan fingerprint density at radius 1 is 1.42 bits per heavy atom. The summed E-state index contributed by atoms with van der Waals surface area (Å²) in [6.45, 7) is 7.18. The maximum Gasteiger partial charge on any atom is 0.304 e. The summed E-state index contributed by atoms with van der Waals surface area (Å²) in [6.07, 6.45) is 0. The lowest BCUT2D eigenvalue weighted by Crippen LogP contribution is -2.40. The summed E-state index contributed by atoms with van der Waals surface area (Å²) >= 11 is -1.29. The second-order valence-electron chi connectivity index (χ2n) is 5.19. The molecule has 5 nitrogen and oxygen atoms in total. The van der Waals surface area contributed by atoms with Crippen molar-refractivity contribution in [3.8, 4) is 0 Å². The Kier molecular flexibility index (Phi) is 4.89. The smallest absolute Gasteiger partial charge is 0.304 e. The molecular formula is C12H17FN2O3S. The summed E-state index contributed by atoms with van der Waals surface area (Å²) in [5.74, 6) is -0.891. The fraction of sp³-hybridized carbons (Fsp3) is 0.500. The minimum Gasteiger partial charge on any atom is -0.598 e. The molecule has 0 amide bonds. The van der Waals surface area contributed by atoms with Crippen molar-refractivity contribution in [1.82, 2.24) is 4.72 Å². The number of nitro groups is 1. The molecule has 1 aromatic rings. The molecule has 0 aliphatic rings. The molecule has 0 radical (unpaired) electrons. The Labute approximate surface area is 114 Å². The zero-order chi connectivity index (χ0) is 14.8. The third-order valence-corrected chi connectivity index (χ3v) is 4.19. The van der Waals surface area contributed by atoms with Crippen molar-refractivity contribution in [3.63, 3.8) is 0 Å². The summed E-state index contributed by atoms with van der Waals surface area (Å²) in [4.78, 5) is 9.74. The number of benzene rings is 1. The SMILES string of the molecule is CC(N[S+]([O-])C(C)(C)C)c1ccc([N+](=O)[O-])c(F)c1. The van der Waals surface area contributed by atoms with E-state index in [1.54, 1.807) is 6.92 Å². The van der Waals surface area contributed by atoms with Crippen LogP contribution in [0.1, 0.15) is 39.3 Å². The van der Waals surface area contributed by atoms with Gasteiger partial charge in [0, 0.05) is 17.4 Å². The number of nitrogens with one attached hydrogen (secondary N) is 1. The fourth-order valence-electron chi connectivity index (χ4n) is 1.35. The molecule has 0 fully saturated rings. The molecular weight excluding hydrogens is 271 g/mol. The first-order chi connectivity index (χ1) is 8.62. The summed E-state index contributed by atoms with van der Waals surface area (Å²) in [7, 11) is 0. The summed E-state index contributed by atoms with van der Waals surface area (Å²) in [6, 6.07) is 3.30. The molecule has 1 N–H and O–H groups in total. The molecule has 2 atom stereocenters. The largest absolute Gasteiger partial charge is 0.598 e. The van der Waals surface area contributed by atoms with Crippen molar-refractivity contribution in [2.24, 2.45) is 0 Å². The zero-order valence-corrected chi connectivity index (χ0v) is 12.1. The van der Waals surface area contributed by atoms with Gasteiger partial charge in [-0.05, 0) is 39.3 Å². The Bertz CT molecular complexity index is 477. The third-order valence-electron chi connectivity index (χ3n) is 2.51. The Morgan fingerprint density at radius 2 is 2.00 bits per heavy atom. The second kappa shape index (κ2) is 5.85. The van der Waals surface area contributed by atoms with Gasteiger partial charge in [0.1, 0.15) is 4.75 Å². The number of hydrogen-bond donors (Lipinski definition) is 1. The number of halogens is 1. The van der Waals surface area contributed by atoms with Gasteiger partial charge in [0.05, 0.1) is 11.0 Å². The van der Waals surface area contributed by atoms with E-state index in [9.17, 15) is 19.1 Å². The fourth-order valence-corrected chi connectivity index (χ4v) is 2.16. The van der Waals surface area contributed by atoms with Crippen LogP contribution in [0.4, 0.5) is 10.1 Å². The monoisotopic (exact) mass is 288 g/mol. The average Bonchev–Trinajstić information content (AvgIpc) is 2.26. The normalized spacial score (nSPS) is 15.1.